The summed E-state index contributed by atoms with van der Waals surface area (Å²) < 4.78 is 11.1. The molecule has 1 N–H and O–H groups in total. The third-order valence-corrected chi connectivity index (χ3v) is 6.05. The van der Waals surface area contributed by atoms with Crippen LogP contribution in [0.25, 0.3) is 0 Å². The van der Waals surface area contributed by atoms with Gasteiger partial charge in [-0.25, -0.2) is 0 Å². The lowest BCUT2D eigenvalue weighted by Gasteiger charge is -2.37. The second-order valence-corrected chi connectivity index (χ2v) is 9.02. The molecule has 3 rings (SSSR count). The first-order valence-electron chi connectivity index (χ1n) is 12.1. The molecule has 1 heterocycles. The second kappa shape index (κ2) is 12.8. The summed E-state index contributed by atoms with van der Waals surface area (Å²) >= 11 is 0. The summed E-state index contributed by atoms with van der Waals surface area (Å²) in [6.45, 7) is 13.9. The molecule has 1 unspecified atom stereocenters. The van der Waals surface area contributed by atoms with Crippen LogP contribution in [0.1, 0.15) is 50.8 Å². The van der Waals surface area contributed by atoms with E-state index >= 15 is 0 Å². The molecule has 5 heteroatoms. The Morgan fingerprint density at radius 2 is 1.50 bits per heavy atom. The van der Waals surface area contributed by atoms with E-state index in [0.717, 1.165) is 57.3 Å². The van der Waals surface area contributed by atoms with Gasteiger partial charge in [-0.3, -0.25) is 9.80 Å². The lowest BCUT2D eigenvalue weighted by Crippen LogP contribution is -2.48. The van der Waals surface area contributed by atoms with Crippen molar-refractivity contribution in [2.75, 3.05) is 46.4 Å². The number of rotatable bonds is 12. The Kier molecular flexibility index (Phi) is 9.85. The lowest BCUT2D eigenvalue weighted by atomic mass is 10.0. The number of benzene rings is 2. The molecule has 1 aliphatic rings. The maximum Gasteiger partial charge on any atom is 0.119 e. The molecule has 32 heavy (non-hydrogen) atoms. The molecule has 0 amide bonds. The summed E-state index contributed by atoms with van der Waals surface area (Å²) in [4.78, 5) is 5.16. The van der Waals surface area contributed by atoms with Crippen molar-refractivity contribution in [1.29, 1.82) is 0 Å². The number of unbranched alkanes of at least 4 members (excludes halogenated alkanes) is 1. The molecule has 0 aromatic heterocycles. The zero-order chi connectivity index (χ0) is 22.8. The van der Waals surface area contributed by atoms with Crippen molar-refractivity contribution in [3.05, 3.63) is 59.7 Å². The van der Waals surface area contributed by atoms with Crippen LogP contribution in [0.15, 0.2) is 48.5 Å². The third-order valence-electron chi connectivity index (χ3n) is 6.05. The van der Waals surface area contributed by atoms with Crippen molar-refractivity contribution >= 4 is 0 Å². The minimum Gasteiger partial charge on any atom is -0.497 e. The quantitative estimate of drug-likeness (QED) is 0.484. The van der Waals surface area contributed by atoms with Crippen LogP contribution in [0.5, 0.6) is 11.5 Å². The predicted octanol–water partition coefficient (Wildman–Crippen LogP) is 4.73. The Morgan fingerprint density at radius 3 is 2.09 bits per heavy atom. The van der Waals surface area contributed by atoms with Crippen LogP contribution >= 0.6 is 0 Å². The summed E-state index contributed by atoms with van der Waals surface area (Å²) in [7, 11) is 1.71. The van der Waals surface area contributed by atoms with E-state index in [1.807, 2.05) is 0 Å². The van der Waals surface area contributed by atoms with Crippen LogP contribution in [-0.2, 0) is 6.54 Å². The van der Waals surface area contributed by atoms with Gasteiger partial charge >= 0.3 is 0 Å². The van der Waals surface area contributed by atoms with Gasteiger partial charge in [0.25, 0.3) is 0 Å². The van der Waals surface area contributed by atoms with Gasteiger partial charge in [0.05, 0.1) is 13.2 Å². The van der Waals surface area contributed by atoms with Gasteiger partial charge in [-0.05, 0) is 62.2 Å². The van der Waals surface area contributed by atoms with E-state index in [1.165, 1.54) is 24.0 Å². The molecule has 1 aliphatic heterocycles. The van der Waals surface area contributed by atoms with E-state index < -0.39 is 0 Å². The highest BCUT2D eigenvalue weighted by molar-refractivity contribution is 5.30. The first-order chi connectivity index (χ1) is 15.6. The van der Waals surface area contributed by atoms with E-state index in [2.05, 4.69) is 84.4 Å². The highest BCUT2D eigenvalue weighted by atomic mass is 16.5. The maximum absolute atomic E-state index is 5.83. The predicted molar refractivity (Wildman–Crippen MR) is 133 cm³/mol. The topological polar surface area (TPSA) is 37.0 Å². The Hall–Kier alpha value is -2.08. The fourth-order valence-corrected chi connectivity index (χ4v) is 4.17. The molecule has 5 nitrogen and oxygen atoms in total. The smallest absolute Gasteiger partial charge is 0.119 e. The standard InChI is InChI=1S/C27H41N3O2/c1-5-6-15-28-27(24-9-13-26(14-10-24)32-22(2)3)21-30-18-16-29(17-19-30)20-23-7-11-25(31-4)12-8-23/h7-14,22,27-28H,5-6,15-21H2,1-4H3. The molecule has 1 saturated heterocycles. The summed E-state index contributed by atoms with van der Waals surface area (Å²) in [6, 6.07) is 17.5. The van der Waals surface area contributed by atoms with E-state index in [1.54, 1.807) is 7.11 Å². The molecule has 2 aromatic carbocycles. The number of hydrogen-bond acceptors (Lipinski definition) is 5. The number of nitrogens with one attached hydrogen (secondary N) is 1. The minimum absolute atomic E-state index is 0.202. The molecule has 0 radical (unpaired) electrons. The summed E-state index contributed by atoms with van der Waals surface area (Å²) in [5.74, 6) is 1.87. The first-order valence-corrected chi connectivity index (χ1v) is 12.1. The normalized spacial score (nSPS) is 16.3. The average Bonchev–Trinajstić information content (AvgIpc) is 2.80. The molecule has 1 fully saturated rings. The highest BCUT2D eigenvalue weighted by Crippen LogP contribution is 2.21. The molecule has 0 aliphatic carbocycles. The molecule has 0 saturated carbocycles. The summed E-state index contributed by atoms with van der Waals surface area (Å²) in [5.41, 5.74) is 2.69. The Bertz CT molecular complexity index is 768. The van der Waals surface area contributed by atoms with Crippen LogP contribution in [0.3, 0.4) is 0 Å². The van der Waals surface area contributed by atoms with Crippen LogP contribution in [-0.4, -0.2) is 62.3 Å². The van der Waals surface area contributed by atoms with Crippen molar-refractivity contribution in [2.24, 2.45) is 0 Å². The van der Waals surface area contributed by atoms with Crippen molar-refractivity contribution in [2.45, 2.75) is 52.3 Å². The highest BCUT2D eigenvalue weighted by Gasteiger charge is 2.21. The largest absolute Gasteiger partial charge is 0.497 e. The lowest BCUT2D eigenvalue weighted by molar-refractivity contribution is 0.118. The van der Waals surface area contributed by atoms with Crippen LogP contribution in [0.4, 0.5) is 0 Å². The maximum atomic E-state index is 5.83. The first kappa shape index (κ1) is 24.6. The number of methoxy groups -OCH3 is 1. The second-order valence-electron chi connectivity index (χ2n) is 9.02. The fourth-order valence-electron chi connectivity index (χ4n) is 4.17. The Labute approximate surface area is 194 Å². The zero-order valence-corrected chi connectivity index (χ0v) is 20.3. The SMILES string of the molecule is CCCCNC(CN1CCN(Cc2ccc(OC)cc2)CC1)c1ccc(OC(C)C)cc1. The van der Waals surface area contributed by atoms with E-state index in [9.17, 15) is 0 Å². The monoisotopic (exact) mass is 439 g/mol. The molecular formula is C27H41N3O2. The van der Waals surface area contributed by atoms with Crippen molar-refractivity contribution in [3.63, 3.8) is 0 Å². The van der Waals surface area contributed by atoms with Crippen LogP contribution in [0.2, 0.25) is 0 Å². The van der Waals surface area contributed by atoms with Crippen LogP contribution in [0, 0.1) is 0 Å². The van der Waals surface area contributed by atoms with Crippen molar-refractivity contribution in [3.8, 4) is 11.5 Å². The van der Waals surface area contributed by atoms with Gasteiger partial charge in [0.1, 0.15) is 11.5 Å². The molecule has 1 atom stereocenters. The average molecular weight is 440 g/mol. The number of hydrogen-bond donors (Lipinski definition) is 1. The summed E-state index contributed by atoms with van der Waals surface area (Å²) in [6.07, 6.45) is 2.62. The summed E-state index contributed by atoms with van der Waals surface area (Å²) in [5, 5.41) is 3.80. The molecular weight excluding hydrogens is 398 g/mol. The van der Waals surface area contributed by atoms with Crippen molar-refractivity contribution < 1.29 is 9.47 Å². The molecule has 0 spiro atoms. The Morgan fingerprint density at radius 1 is 0.875 bits per heavy atom. The fraction of sp³-hybridized carbons (Fsp3) is 0.556. The Balaban J connectivity index is 1.53. The van der Waals surface area contributed by atoms with Gasteiger partial charge in [0.15, 0.2) is 0 Å². The van der Waals surface area contributed by atoms with E-state index in [0.29, 0.717) is 6.04 Å². The van der Waals surface area contributed by atoms with Crippen LogP contribution < -0.4 is 14.8 Å². The zero-order valence-electron chi connectivity index (χ0n) is 20.3. The number of ether oxygens (including phenoxy) is 2. The van der Waals surface area contributed by atoms with Gasteiger partial charge in [0, 0.05) is 45.3 Å². The number of piperazine rings is 1. The minimum atomic E-state index is 0.202. The van der Waals surface area contributed by atoms with E-state index in [4.69, 9.17) is 9.47 Å². The molecule has 2 aromatic rings. The van der Waals surface area contributed by atoms with Crippen molar-refractivity contribution in [1.82, 2.24) is 15.1 Å². The third kappa shape index (κ3) is 7.80. The number of nitrogens with zero attached hydrogens (tertiary/aromatic N) is 2. The molecule has 0 bridgehead atoms. The van der Waals surface area contributed by atoms with Gasteiger partial charge < -0.3 is 14.8 Å². The van der Waals surface area contributed by atoms with Gasteiger partial charge in [-0.2, -0.15) is 0 Å². The van der Waals surface area contributed by atoms with Gasteiger partial charge in [-0.1, -0.05) is 37.6 Å². The molecule has 176 valence electrons. The van der Waals surface area contributed by atoms with Gasteiger partial charge in [-0.15, -0.1) is 0 Å². The van der Waals surface area contributed by atoms with Gasteiger partial charge in [0.2, 0.25) is 0 Å². The van der Waals surface area contributed by atoms with E-state index in [-0.39, 0.29) is 6.10 Å².